The van der Waals surface area contributed by atoms with E-state index in [9.17, 15) is 23.2 Å². The third-order valence-corrected chi connectivity index (χ3v) is 5.14. The third-order valence-electron chi connectivity index (χ3n) is 5.14. The lowest BCUT2D eigenvalue weighted by Gasteiger charge is -2.35. The smallest absolute Gasteiger partial charge is 0.352 e. The second-order valence-electron chi connectivity index (χ2n) is 7.30. The number of nitrogens with two attached hydrogens (primary N) is 1. The molecule has 1 fully saturated rings. The number of aromatic nitrogens is 2. The topological polar surface area (TPSA) is 105 Å². The maximum Gasteiger partial charge on any atom is 0.412 e. The molecule has 1 aromatic carbocycles. The van der Waals surface area contributed by atoms with Crippen molar-refractivity contribution in [2.45, 2.75) is 50.4 Å². The monoisotopic (exact) mass is 391 g/mol. The summed E-state index contributed by atoms with van der Waals surface area (Å²) in [4.78, 5) is 20.5. The quantitative estimate of drug-likeness (QED) is 0.837. The van der Waals surface area contributed by atoms with Gasteiger partial charge in [-0.3, -0.25) is 14.8 Å². The van der Waals surface area contributed by atoms with E-state index in [0.29, 0.717) is 29.4 Å². The predicted molar refractivity (Wildman–Crippen MR) is 96.0 cm³/mol. The molecule has 1 amide bonds. The molecule has 28 heavy (non-hydrogen) atoms. The lowest BCUT2D eigenvalue weighted by molar-refractivity contribution is -0.163. The number of alkyl halides is 3. The minimum atomic E-state index is -4.78. The summed E-state index contributed by atoms with van der Waals surface area (Å²) in [6.07, 6.45) is 0.127. The predicted octanol–water partition coefficient (Wildman–Crippen LogP) is 2.78. The van der Waals surface area contributed by atoms with E-state index in [4.69, 9.17) is 5.73 Å². The summed E-state index contributed by atoms with van der Waals surface area (Å²) in [5.74, 6) is -1.05. The molecule has 2 aromatic rings. The molecule has 0 radical (unpaired) electrons. The summed E-state index contributed by atoms with van der Waals surface area (Å²) in [6.45, 7) is 1.99. The molecule has 0 spiro atoms. The molecule has 1 saturated carbocycles. The van der Waals surface area contributed by atoms with Crippen molar-refractivity contribution in [3.8, 4) is 6.07 Å². The maximum atomic E-state index is 12.7. The Labute approximate surface area is 160 Å². The average Bonchev–Trinajstić information content (AvgIpc) is 2.65. The highest BCUT2D eigenvalue weighted by Gasteiger charge is 2.43. The first-order valence-electron chi connectivity index (χ1n) is 8.97. The van der Waals surface area contributed by atoms with Gasteiger partial charge in [0, 0.05) is 18.4 Å². The van der Waals surface area contributed by atoms with E-state index >= 15 is 0 Å². The Morgan fingerprint density at radius 1 is 1.25 bits per heavy atom. The van der Waals surface area contributed by atoms with Crippen LogP contribution in [0.5, 0.6) is 0 Å². The largest absolute Gasteiger partial charge is 0.412 e. The number of hydrogen-bond donors (Lipinski definition) is 2. The Morgan fingerprint density at radius 2 is 1.93 bits per heavy atom. The fourth-order valence-electron chi connectivity index (χ4n) is 3.91. The number of carbonyl (C=O) groups is 1. The molecule has 3 N–H and O–H groups in total. The fraction of sp³-hybridized carbons (Fsp3) is 0.474. The minimum Gasteiger partial charge on any atom is -0.352 e. The van der Waals surface area contributed by atoms with E-state index in [2.05, 4.69) is 21.4 Å². The molecule has 0 unspecified atom stereocenters. The molecular weight excluding hydrogens is 371 g/mol. The number of nitrogens with one attached hydrogen (secondary N) is 1. The van der Waals surface area contributed by atoms with Crippen LogP contribution in [0.1, 0.15) is 43.2 Å². The van der Waals surface area contributed by atoms with Crippen molar-refractivity contribution >= 4 is 16.9 Å². The lowest BCUT2D eigenvalue weighted by atomic mass is 9.75. The van der Waals surface area contributed by atoms with Crippen LogP contribution in [-0.2, 0) is 4.79 Å². The maximum absolute atomic E-state index is 12.7. The zero-order valence-electron chi connectivity index (χ0n) is 15.2. The number of benzene rings is 1. The van der Waals surface area contributed by atoms with E-state index in [1.807, 2.05) is 13.0 Å². The van der Waals surface area contributed by atoms with Gasteiger partial charge in [-0.1, -0.05) is 13.0 Å². The Morgan fingerprint density at radius 3 is 2.57 bits per heavy atom. The highest BCUT2D eigenvalue weighted by atomic mass is 19.4. The molecule has 148 valence electrons. The minimum absolute atomic E-state index is 0.0249. The van der Waals surface area contributed by atoms with Crippen molar-refractivity contribution in [3.05, 3.63) is 35.7 Å². The second kappa shape index (κ2) is 7.72. The zero-order valence-corrected chi connectivity index (χ0v) is 15.2. The molecule has 6 nitrogen and oxygen atoms in total. The number of nitriles is 1. The molecule has 4 atom stereocenters. The average molecular weight is 391 g/mol. The Bertz CT molecular complexity index is 924. The molecule has 1 aliphatic carbocycles. The SMILES string of the molecule is C[C@H]1C[C@@H](NC(=O)[C@H](N)C(F)(F)F)C[C@@H](c2ccc(C#N)c3nccnc23)C1. The van der Waals surface area contributed by atoms with Crippen molar-refractivity contribution in [3.63, 3.8) is 0 Å². The molecule has 1 aromatic heterocycles. The molecular formula is C19H20F3N5O. The van der Waals surface area contributed by atoms with Gasteiger partial charge in [0.05, 0.1) is 11.1 Å². The van der Waals surface area contributed by atoms with Gasteiger partial charge in [0.1, 0.15) is 11.6 Å². The van der Waals surface area contributed by atoms with Crippen LogP contribution in [0.2, 0.25) is 0 Å². The van der Waals surface area contributed by atoms with Crippen LogP contribution in [0.4, 0.5) is 13.2 Å². The number of amides is 1. The van der Waals surface area contributed by atoms with Crippen LogP contribution in [0.15, 0.2) is 24.5 Å². The highest BCUT2D eigenvalue weighted by Crippen LogP contribution is 2.39. The van der Waals surface area contributed by atoms with Crippen molar-refractivity contribution in [1.82, 2.24) is 15.3 Å². The Kier molecular flexibility index (Phi) is 5.52. The van der Waals surface area contributed by atoms with Gasteiger partial charge in [-0.05, 0) is 42.7 Å². The summed E-state index contributed by atoms with van der Waals surface area (Å²) >= 11 is 0. The molecule has 9 heteroatoms. The van der Waals surface area contributed by atoms with Crippen LogP contribution >= 0.6 is 0 Å². The Balaban J connectivity index is 1.85. The summed E-state index contributed by atoms with van der Waals surface area (Å²) in [5, 5.41) is 11.7. The van der Waals surface area contributed by atoms with E-state index in [-0.39, 0.29) is 11.8 Å². The molecule has 0 saturated heterocycles. The number of rotatable bonds is 3. The van der Waals surface area contributed by atoms with Crippen molar-refractivity contribution in [2.24, 2.45) is 11.7 Å². The van der Waals surface area contributed by atoms with Gasteiger partial charge in [0.15, 0.2) is 6.04 Å². The number of fused-ring (bicyclic) bond motifs is 1. The standard InChI is InChI=1S/C19H20F3N5O/c1-10-6-12(8-13(7-10)27-18(28)17(24)19(20,21)22)14-3-2-11(9-23)15-16(14)26-5-4-25-15/h2-5,10,12-13,17H,6-8,24H2,1H3,(H,27,28)/t10-,12+,13-,17+/m1/s1. The van der Waals surface area contributed by atoms with E-state index in [0.717, 1.165) is 12.0 Å². The highest BCUT2D eigenvalue weighted by molar-refractivity contribution is 5.84. The van der Waals surface area contributed by atoms with Crippen LogP contribution in [0, 0.1) is 17.2 Å². The van der Waals surface area contributed by atoms with Crippen LogP contribution in [0.25, 0.3) is 11.0 Å². The number of halogens is 3. The van der Waals surface area contributed by atoms with E-state index < -0.39 is 24.2 Å². The van der Waals surface area contributed by atoms with Gasteiger partial charge in [0.2, 0.25) is 5.91 Å². The van der Waals surface area contributed by atoms with Gasteiger partial charge < -0.3 is 11.1 Å². The Hall–Kier alpha value is -2.73. The molecule has 0 bridgehead atoms. The zero-order chi connectivity index (χ0) is 20.5. The van der Waals surface area contributed by atoms with Crippen molar-refractivity contribution < 1.29 is 18.0 Å². The summed E-state index contributed by atoms with van der Waals surface area (Å²) in [6, 6.07) is 2.63. The second-order valence-corrected chi connectivity index (χ2v) is 7.30. The lowest BCUT2D eigenvalue weighted by Crippen LogP contribution is -2.53. The van der Waals surface area contributed by atoms with E-state index in [1.54, 1.807) is 12.3 Å². The van der Waals surface area contributed by atoms with Gasteiger partial charge in [-0.15, -0.1) is 0 Å². The number of carbonyl (C=O) groups excluding carboxylic acids is 1. The summed E-state index contributed by atoms with van der Waals surface area (Å²) in [7, 11) is 0. The van der Waals surface area contributed by atoms with Gasteiger partial charge in [-0.2, -0.15) is 18.4 Å². The van der Waals surface area contributed by atoms with Crippen molar-refractivity contribution in [1.29, 1.82) is 5.26 Å². The van der Waals surface area contributed by atoms with Gasteiger partial charge in [-0.25, -0.2) is 0 Å². The first-order valence-corrected chi connectivity index (χ1v) is 8.97. The summed E-state index contributed by atoms with van der Waals surface area (Å²) < 4.78 is 38.1. The molecule has 3 rings (SSSR count). The molecule has 1 heterocycles. The third kappa shape index (κ3) is 4.07. The first kappa shape index (κ1) is 20.0. The normalized spacial score (nSPS) is 23.8. The van der Waals surface area contributed by atoms with Gasteiger partial charge >= 0.3 is 6.18 Å². The van der Waals surface area contributed by atoms with Crippen LogP contribution in [-0.4, -0.2) is 34.1 Å². The number of nitrogens with zero attached hydrogens (tertiary/aromatic N) is 3. The summed E-state index contributed by atoms with van der Waals surface area (Å²) in [5.41, 5.74) is 7.42. The van der Waals surface area contributed by atoms with Crippen LogP contribution < -0.4 is 11.1 Å². The van der Waals surface area contributed by atoms with Crippen LogP contribution in [0.3, 0.4) is 0 Å². The molecule has 1 aliphatic rings. The number of hydrogen-bond acceptors (Lipinski definition) is 5. The van der Waals surface area contributed by atoms with Crippen molar-refractivity contribution in [2.75, 3.05) is 0 Å². The fourth-order valence-corrected chi connectivity index (χ4v) is 3.91. The van der Waals surface area contributed by atoms with E-state index in [1.165, 1.54) is 6.20 Å². The van der Waals surface area contributed by atoms with Gasteiger partial charge in [0.25, 0.3) is 0 Å². The molecule has 0 aliphatic heterocycles. The first-order chi connectivity index (χ1) is 13.2.